The lowest BCUT2D eigenvalue weighted by atomic mass is 9.78. The fraction of sp³-hybridized carbons (Fsp3) is 0.765. The first-order chi connectivity index (χ1) is 18.5. The molecule has 0 unspecified atom stereocenters. The summed E-state index contributed by atoms with van der Waals surface area (Å²) in [5, 5.41) is 3.45. The van der Waals surface area contributed by atoms with Crippen LogP contribution in [0.1, 0.15) is 135 Å². The van der Waals surface area contributed by atoms with Crippen LogP contribution in [-0.4, -0.2) is 24.3 Å². The molecule has 0 spiro atoms. The molecule has 2 saturated carbocycles. The van der Waals surface area contributed by atoms with E-state index in [1.165, 1.54) is 64.2 Å². The van der Waals surface area contributed by atoms with E-state index in [0.717, 1.165) is 55.9 Å². The van der Waals surface area contributed by atoms with Crippen molar-refractivity contribution >= 4 is 11.8 Å². The lowest BCUT2D eigenvalue weighted by Crippen LogP contribution is -2.40. The van der Waals surface area contributed by atoms with Crippen LogP contribution in [-0.2, 0) is 14.3 Å². The average Bonchev–Trinajstić information content (AvgIpc) is 2.96. The topological polar surface area (TPSA) is 55.4 Å². The van der Waals surface area contributed by atoms with Crippen molar-refractivity contribution in [2.45, 2.75) is 136 Å². The third-order valence-corrected chi connectivity index (χ3v) is 9.34. The van der Waals surface area contributed by atoms with E-state index in [0.29, 0.717) is 12.3 Å². The number of carbonyl (C=O) groups is 2. The first-order valence-electron chi connectivity index (χ1n) is 16.0. The van der Waals surface area contributed by atoms with E-state index >= 15 is 0 Å². The number of benzene rings is 1. The van der Waals surface area contributed by atoms with Crippen LogP contribution < -0.4 is 5.32 Å². The Bertz CT molecular complexity index is 793. The summed E-state index contributed by atoms with van der Waals surface area (Å²) in [5.41, 5.74) is 0.995. The van der Waals surface area contributed by atoms with Crippen molar-refractivity contribution < 1.29 is 14.3 Å². The van der Waals surface area contributed by atoms with Crippen LogP contribution >= 0.6 is 0 Å². The summed E-state index contributed by atoms with van der Waals surface area (Å²) in [5.74, 6) is 2.03. The van der Waals surface area contributed by atoms with Gasteiger partial charge in [-0.3, -0.25) is 9.59 Å². The molecule has 4 nitrogen and oxygen atoms in total. The van der Waals surface area contributed by atoms with Crippen LogP contribution in [0.5, 0.6) is 0 Å². The first-order valence-corrected chi connectivity index (χ1v) is 16.0. The predicted octanol–water partition coefficient (Wildman–Crippen LogP) is 8.59. The second kappa shape index (κ2) is 17.1. The Morgan fingerprint density at radius 3 is 1.84 bits per heavy atom. The fourth-order valence-corrected chi connectivity index (χ4v) is 6.66. The maximum atomic E-state index is 13.2. The number of carbonyl (C=O) groups excluding carboxylic acids is 2. The molecule has 2 aliphatic rings. The fourth-order valence-electron chi connectivity index (χ4n) is 6.66. The molecule has 38 heavy (non-hydrogen) atoms. The summed E-state index contributed by atoms with van der Waals surface area (Å²) in [6.45, 7) is 6.92. The molecule has 4 heteroatoms. The molecule has 1 aromatic rings. The third kappa shape index (κ3) is 10.1. The van der Waals surface area contributed by atoms with Gasteiger partial charge in [0.2, 0.25) is 0 Å². The maximum Gasteiger partial charge on any atom is 0.309 e. The van der Waals surface area contributed by atoms with Gasteiger partial charge in [-0.05, 0) is 75.7 Å². The SMILES string of the molecule is CCCCC[C@H]1CC[C@H](C(=O)CN[C@@H](C)[C@H](OC(=O)[C@H]2CC[C@H](CCCCC)CC2)c2ccccc2)CC1. The van der Waals surface area contributed by atoms with Crippen molar-refractivity contribution in [3.8, 4) is 0 Å². The van der Waals surface area contributed by atoms with E-state index in [1.807, 2.05) is 37.3 Å². The first kappa shape index (κ1) is 30.9. The summed E-state index contributed by atoms with van der Waals surface area (Å²) in [7, 11) is 0. The molecule has 1 aromatic carbocycles. The molecule has 0 heterocycles. The lowest BCUT2D eigenvalue weighted by Gasteiger charge is -2.31. The molecule has 0 amide bonds. The standard InChI is InChI=1S/C34H55NO3/c1-4-6-9-13-27-17-21-29(22-18-27)32(36)25-35-26(3)33(30-15-11-8-12-16-30)38-34(37)31-23-19-28(20-24-31)14-10-7-5-2/h8,11-12,15-16,26-29,31,33,35H,4-7,9-10,13-14,17-25H2,1-3H3/t26-,27-,28-,29-,31-,33-/m0/s1. The lowest BCUT2D eigenvalue weighted by molar-refractivity contribution is -0.157. The van der Waals surface area contributed by atoms with E-state index < -0.39 is 0 Å². The van der Waals surface area contributed by atoms with Crippen LogP contribution in [0.15, 0.2) is 30.3 Å². The highest BCUT2D eigenvalue weighted by atomic mass is 16.5. The molecule has 0 aromatic heterocycles. The molecular formula is C34H55NO3. The number of esters is 1. The molecule has 2 atom stereocenters. The van der Waals surface area contributed by atoms with Gasteiger partial charge in [-0.2, -0.15) is 0 Å². The molecule has 0 radical (unpaired) electrons. The average molecular weight is 526 g/mol. The van der Waals surface area contributed by atoms with Gasteiger partial charge in [0, 0.05) is 12.0 Å². The Hall–Kier alpha value is -1.68. The van der Waals surface area contributed by atoms with Crippen LogP contribution in [0.25, 0.3) is 0 Å². The van der Waals surface area contributed by atoms with Crippen LogP contribution in [0.3, 0.4) is 0 Å². The van der Waals surface area contributed by atoms with Crippen molar-refractivity contribution in [1.82, 2.24) is 5.32 Å². The van der Waals surface area contributed by atoms with E-state index in [2.05, 4.69) is 19.2 Å². The van der Waals surface area contributed by atoms with Gasteiger partial charge in [-0.25, -0.2) is 0 Å². The highest BCUT2D eigenvalue weighted by Crippen LogP contribution is 2.35. The van der Waals surface area contributed by atoms with Crippen LogP contribution in [0.4, 0.5) is 0 Å². The van der Waals surface area contributed by atoms with E-state index in [-0.39, 0.29) is 30.0 Å². The number of nitrogens with one attached hydrogen (secondary N) is 1. The molecule has 0 aliphatic heterocycles. The predicted molar refractivity (Wildman–Crippen MR) is 157 cm³/mol. The number of Topliss-reactive ketones (excluding diaryl/α,β-unsaturated/α-hetero) is 1. The summed E-state index contributed by atoms with van der Waals surface area (Å²) >= 11 is 0. The summed E-state index contributed by atoms with van der Waals surface area (Å²) in [6.07, 6.45) is 18.7. The normalized spacial score (nSPS) is 25.4. The zero-order chi connectivity index (χ0) is 27.2. The molecular weight excluding hydrogens is 470 g/mol. The van der Waals surface area contributed by atoms with Gasteiger partial charge in [0.1, 0.15) is 11.9 Å². The molecule has 2 fully saturated rings. The zero-order valence-corrected chi connectivity index (χ0v) is 24.6. The Kier molecular flexibility index (Phi) is 13.9. The van der Waals surface area contributed by atoms with Gasteiger partial charge in [-0.1, -0.05) is 95.5 Å². The van der Waals surface area contributed by atoms with Gasteiger partial charge >= 0.3 is 5.97 Å². The number of ether oxygens (including phenoxy) is 1. The zero-order valence-electron chi connectivity index (χ0n) is 24.6. The second-order valence-corrected chi connectivity index (χ2v) is 12.3. The highest BCUT2D eigenvalue weighted by Gasteiger charge is 2.32. The van der Waals surface area contributed by atoms with Crippen LogP contribution in [0, 0.1) is 23.7 Å². The van der Waals surface area contributed by atoms with Crippen molar-refractivity contribution in [3.05, 3.63) is 35.9 Å². The van der Waals surface area contributed by atoms with Crippen molar-refractivity contribution in [2.75, 3.05) is 6.54 Å². The van der Waals surface area contributed by atoms with E-state index in [4.69, 9.17) is 4.74 Å². The van der Waals surface area contributed by atoms with Crippen molar-refractivity contribution in [2.24, 2.45) is 23.7 Å². The smallest absolute Gasteiger partial charge is 0.309 e. The molecule has 0 bridgehead atoms. The molecule has 2 aliphatic carbocycles. The van der Waals surface area contributed by atoms with Gasteiger partial charge in [-0.15, -0.1) is 0 Å². The van der Waals surface area contributed by atoms with Crippen molar-refractivity contribution in [3.63, 3.8) is 0 Å². The third-order valence-electron chi connectivity index (χ3n) is 9.34. The number of rotatable bonds is 16. The molecule has 3 rings (SSSR count). The van der Waals surface area contributed by atoms with Gasteiger partial charge in [0.25, 0.3) is 0 Å². The number of unbranched alkanes of at least 4 members (excludes halogenated alkanes) is 4. The quantitative estimate of drug-likeness (QED) is 0.173. The minimum absolute atomic E-state index is 0.00461. The molecule has 0 saturated heterocycles. The second-order valence-electron chi connectivity index (χ2n) is 12.3. The Balaban J connectivity index is 1.48. The Labute approximate surface area is 233 Å². The number of hydrogen-bond acceptors (Lipinski definition) is 4. The summed E-state index contributed by atoms with van der Waals surface area (Å²) in [4.78, 5) is 26.3. The molecule has 1 N–H and O–H groups in total. The maximum absolute atomic E-state index is 13.2. The van der Waals surface area contributed by atoms with Crippen molar-refractivity contribution in [1.29, 1.82) is 0 Å². The van der Waals surface area contributed by atoms with E-state index in [1.54, 1.807) is 0 Å². The number of ketones is 1. The van der Waals surface area contributed by atoms with Gasteiger partial charge < -0.3 is 10.1 Å². The van der Waals surface area contributed by atoms with Gasteiger partial charge in [0.15, 0.2) is 0 Å². The Morgan fingerprint density at radius 1 is 0.789 bits per heavy atom. The largest absolute Gasteiger partial charge is 0.456 e. The minimum atomic E-state index is -0.381. The summed E-state index contributed by atoms with van der Waals surface area (Å²) < 4.78 is 6.20. The number of hydrogen-bond donors (Lipinski definition) is 1. The Morgan fingerprint density at radius 2 is 1.32 bits per heavy atom. The van der Waals surface area contributed by atoms with Gasteiger partial charge in [0.05, 0.1) is 12.5 Å². The van der Waals surface area contributed by atoms with E-state index in [9.17, 15) is 9.59 Å². The highest BCUT2D eigenvalue weighted by molar-refractivity contribution is 5.83. The monoisotopic (exact) mass is 525 g/mol. The van der Waals surface area contributed by atoms with Crippen LogP contribution in [0.2, 0.25) is 0 Å². The molecule has 214 valence electrons. The minimum Gasteiger partial charge on any atom is -0.456 e. The summed E-state index contributed by atoms with van der Waals surface area (Å²) in [6, 6.07) is 9.91.